The lowest BCUT2D eigenvalue weighted by Gasteiger charge is -2.19. The molecule has 0 aliphatic carbocycles. The summed E-state index contributed by atoms with van der Waals surface area (Å²) < 4.78 is 6.96. The van der Waals surface area contributed by atoms with Crippen molar-refractivity contribution in [2.45, 2.75) is 46.4 Å². The summed E-state index contributed by atoms with van der Waals surface area (Å²) in [6.07, 6.45) is 1.27. The molecule has 0 spiro atoms. The van der Waals surface area contributed by atoms with E-state index in [9.17, 15) is 4.79 Å². The SMILES string of the molecule is C[C@H](C#N)CNCc1c(CNC(=O)OC(C)(C)C)cnn1C. The van der Waals surface area contributed by atoms with Crippen LogP contribution < -0.4 is 10.6 Å². The molecule has 1 amide bonds. The zero-order valence-corrected chi connectivity index (χ0v) is 13.9. The molecule has 1 heterocycles. The summed E-state index contributed by atoms with van der Waals surface area (Å²) in [4.78, 5) is 11.7. The van der Waals surface area contributed by atoms with Gasteiger partial charge in [-0.1, -0.05) is 0 Å². The second-order valence-corrected chi connectivity index (χ2v) is 6.26. The van der Waals surface area contributed by atoms with Crippen LogP contribution in [0.2, 0.25) is 0 Å². The first-order valence-electron chi connectivity index (χ1n) is 7.30. The van der Waals surface area contributed by atoms with Crippen molar-refractivity contribution in [1.82, 2.24) is 20.4 Å². The summed E-state index contributed by atoms with van der Waals surface area (Å²) in [7, 11) is 1.85. The molecular weight excluding hydrogens is 282 g/mol. The van der Waals surface area contributed by atoms with E-state index in [1.54, 1.807) is 10.9 Å². The molecule has 0 saturated carbocycles. The molecule has 7 heteroatoms. The molecule has 0 saturated heterocycles. The average Bonchev–Trinajstić information content (AvgIpc) is 2.75. The predicted octanol–water partition coefficient (Wildman–Crippen LogP) is 1.69. The summed E-state index contributed by atoms with van der Waals surface area (Å²) in [5.74, 6) is -0.0448. The number of ether oxygens (including phenoxy) is 1. The van der Waals surface area contributed by atoms with Crippen LogP contribution in [-0.4, -0.2) is 28.0 Å². The van der Waals surface area contributed by atoms with Crippen molar-refractivity contribution in [2.75, 3.05) is 6.54 Å². The zero-order chi connectivity index (χ0) is 16.8. The average molecular weight is 307 g/mol. The van der Waals surface area contributed by atoms with Crippen LogP contribution >= 0.6 is 0 Å². The zero-order valence-electron chi connectivity index (χ0n) is 13.9. The van der Waals surface area contributed by atoms with Gasteiger partial charge in [-0.25, -0.2) is 4.79 Å². The molecule has 2 N–H and O–H groups in total. The highest BCUT2D eigenvalue weighted by atomic mass is 16.6. The van der Waals surface area contributed by atoms with Gasteiger partial charge < -0.3 is 15.4 Å². The fraction of sp³-hybridized carbons (Fsp3) is 0.667. The highest BCUT2D eigenvalue weighted by Crippen LogP contribution is 2.09. The quantitative estimate of drug-likeness (QED) is 0.834. The second-order valence-electron chi connectivity index (χ2n) is 6.26. The summed E-state index contributed by atoms with van der Waals surface area (Å²) in [6, 6.07) is 2.18. The Bertz CT molecular complexity index is 539. The van der Waals surface area contributed by atoms with Gasteiger partial charge in [-0.15, -0.1) is 0 Å². The predicted molar refractivity (Wildman–Crippen MR) is 82.8 cm³/mol. The number of rotatable bonds is 6. The number of alkyl carbamates (subject to hydrolysis) is 1. The van der Waals surface area contributed by atoms with Gasteiger partial charge in [0, 0.05) is 32.2 Å². The number of aryl methyl sites for hydroxylation is 1. The molecule has 0 radical (unpaired) electrons. The minimum atomic E-state index is -0.517. The van der Waals surface area contributed by atoms with Gasteiger partial charge in [0.2, 0.25) is 0 Å². The Morgan fingerprint density at radius 2 is 2.18 bits per heavy atom. The third-order valence-electron chi connectivity index (χ3n) is 2.93. The van der Waals surface area contributed by atoms with E-state index in [-0.39, 0.29) is 5.92 Å². The van der Waals surface area contributed by atoms with Gasteiger partial charge in [0.25, 0.3) is 0 Å². The van der Waals surface area contributed by atoms with Crippen LogP contribution in [0.1, 0.15) is 39.0 Å². The largest absolute Gasteiger partial charge is 0.444 e. The first-order chi connectivity index (χ1) is 10.2. The molecule has 22 heavy (non-hydrogen) atoms. The number of carbonyl (C=O) groups excluding carboxylic acids is 1. The van der Waals surface area contributed by atoms with Crippen LogP contribution in [0.4, 0.5) is 4.79 Å². The molecule has 0 bridgehead atoms. The van der Waals surface area contributed by atoms with E-state index in [1.165, 1.54) is 0 Å². The Morgan fingerprint density at radius 1 is 1.50 bits per heavy atom. The maximum Gasteiger partial charge on any atom is 0.407 e. The minimum Gasteiger partial charge on any atom is -0.444 e. The fourth-order valence-electron chi connectivity index (χ4n) is 1.82. The molecule has 1 aromatic rings. The summed E-state index contributed by atoms with van der Waals surface area (Å²) >= 11 is 0. The third-order valence-corrected chi connectivity index (χ3v) is 2.93. The molecule has 1 rings (SSSR count). The number of hydrogen-bond donors (Lipinski definition) is 2. The molecule has 0 aromatic carbocycles. The lowest BCUT2D eigenvalue weighted by molar-refractivity contribution is 0.0523. The molecular formula is C15H25N5O2. The van der Waals surface area contributed by atoms with E-state index in [4.69, 9.17) is 10.00 Å². The maximum atomic E-state index is 11.7. The molecule has 0 aliphatic rings. The summed E-state index contributed by atoms with van der Waals surface area (Å²) in [5.41, 5.74) is 1.38. The lowest BCUT2D eigenvalue weighted by atomic mass is 10.2. The standard InChI is InChI=1S/C15H25N5O2/c1-11(6-16)7-17-10-13-12(9-19-20(13)5)8-18-14(21)22-15(2,3)4/h9,11,17H,7-8,10H2,1-5H3,(H,18,21)/t11-/m1/s1. The van der Waals surface area contributed by atoms with Gasteiger partial charge in [-0.05, 0) is 27.7 Å². The molecule has 1 aromatic heterocycles. The van der Waals surface area contributed by atoms with Crippen molar-refractivity contribution >= 4 is 6.09 Å². The number of aromatic nitrogens is 2. The van der Waals surface area contributed by atoms with Gasteiger partial charge in [0.05, 0.1) is 23.9 Å². The minimum absolute atomic E-state index is 0.0448. The van der Waals surface area contributed by atoms with E-state index < -0.39 is 11.7 Å². The van der Waals surface area contributed by atoms with Gasteiger partial charge in [-0.2, -0.15) is 10.4 Å². The number of nitriles is 1. The van der Waals surface area contributed by atoms with Crippen LogP contribution in [0.3, 0.4) is 0 Å². The van der Waals surface area contributed by atoms with E-state index in [2.05, 4.69) is 21.8 Å². The molecule has 0 aliphatic heterocycles. The van der Waals surface area contributed by atoms with Gasteiger partial charge in [0.1, 0.15) is 5.60 Å². The van der Waals surface area contributed by atoms with E-state index >= 15 is 0 Å². The van der Waals surface area contributed by atoms with Crippen molar-refractivity contribution in [3.05, 3.63) is 17.5 Å². The molecule has 122 valence electrons. The molecule has 0 unspecified atom stereocenters. The van der Waals surface area contributed by atoms with Crippen LogP contribution in [0.5, 0.6) is 0 Å². The van der Waals surface area contributed by atoms with E-state index in [1.807, 2.05) is 34.7 Å². The first kappa shape index (κ1) is 18.0. The number of amides is 1. The molecule has 7 nitrogen and oxygen atoms in total. The second kappa shape index (κ2) is 7.80. The van der Waals surface area contributed by atoms with E-state index in [0.29, 0.717) is 19.6 Å². The number of hydrogen-bond acceptors (Lipinski definition) is 5. The van der Waals surface area contributed by atoms with Crippen LogP contribution in [0.25, 0.3) is 0 Å². The van der Waals surface area contributed by atoms with Crippen molar-refractivity contribution in [3.8, 4) is 6.07 Å². The number of nitrogens with zero attached hydrogens (tertiary/aromatic N) is 3. The Kier molecular flexibility index (Phi) is 6.38. The fourth-order valence-corrected chi connectivity index (χ4v) is 1.82. The van der Waals surface area contributed by atoms with Crippen LogP contribution in [-0.2, 0) is 24.9 Å². The monoisotopic (exact) mass is 307 g/mol. The van der Waals surface area contributed by atoms with Crippen molar-refractivity contribution in [3.63, 3.8) is 0 Å². The van der Waals surface area contributed by atoms with Gasteiger partial charge in [0.15, 0.2) is 0 Å². The third kappa shape index (κ3) is 6.14. The highest BCUT2D eigenvalue weighted by Gasteiger charge is 2.17. The maximum absolute atomic E-state index is 11.7. The number of carbonyl (C=O) groups is 1. The lowest BCUT2D eigenvalue weighted by Crippen LogP contribution is -2.32. The molecule has 1 atom stereocenters. The first-order valence-corrected chi connectivity index (χ1v) is 7.30. The van der Waals surface area contributed by atoms with E-state index in [0.717, 1.165) is 11.3 Å². The van der Waals surface area contributed by atoms with Gasteiger partial charge in [-0.3, -0.25) is 4.68 Å². The summed E-state index contributed by atoms with van der Waals surface area (Å²) in [6.45, 7) is 8.89. The van der Waals surface area contributed by atoms with Gasteiger partial charge >= 0.3 is 6.09 Å². The number of nitrogens with one attached hydrogen (secondary N) is 2. The van der Waals surface area contributed by atoms with Crippen molar-refractivity contribution in [2.24, 2.45) is 13.0 Å². The normalized spacial score (nSPS) is 12.5. The smallest absolute Gasteiger partial charge is 0.407 e. The Labute approximate surface area is 131 Å². The van der Waals surface area contributed by atoms with Crippen LogP contribution in [0.15, 0.2) is 6.20 Å². The van der Waals surface area contributed by atoms with Crippen molar-refractivity contribution in [1.29, 1.82) is 5.26 Å². The van der Waals surface area contributed by atoms with Crippen molar-refractivity contribution < 1.29 is 9.53 Å². The Morgan fingerprint density at radius 3 is 2.77 bits per heavy atom. The highest BCUT2D eigenvalue weighted by molar-refractivity contribution is 5.67. The Balaban J connectivity index is 2.54. The van der Waals surface area contributed by atoms with Crippen LogP contribution in [0, 0.1) is 17.2 Å². The Hall–Kier alpha value is -2.07. The molecule has 0 fully saturated rings. The summed E-state index contributed by atoms with van der Waals surface area (Å²) in [5, 5.41) is 18.9. The topological polar surface area (TPSA) is 92.0 Å².